The number of carbonyl (C=O) groups excluding carboxylic acids is 2. The Morgan fingerprint density at radius 3 is 2.43 bits per heavy atom. The molecule has 2 aromatic heterocycles. The first-order valence-corrected chi connectivity index (χ1v) is 9.09. The molecule has 1 aliphatic rings. The zero-order valence-electron chi connectivity index (χ0n) is 15.4. The molecule has 0 bridgehead atoms. The van der Waals surface area contributed by atoms with E-state index in [0.29, 0.717) is 17.9 Å². The number of aryl methyl sites for hydroxylation is 2. The van der Waals surface area contributed by atoms with Gasteiger partial charge in [0, 0.05) is 6.54 Å². The van der Waals surface area contributed by atoms with Gasteiger partial charge in [0.15, 0.2) is 0 Å². The third-order valence-electron chi connectivity index (χ3n) is 5.33. The number of hydrogen-bond acceptors (Lipinski definition) is 3. The van der Waals surface area contributed by atoms with Gasteiger partial charge in [-0.1, -0.05) is 24.3 Å². The van der Waals surface area contributed by atoms with Crippen molar-refractivity contribution in [2.24, 2.45) is 0 Å². The number of amides is 2. The lowest BCUT2D eigenvalue weighted by Gasteiger charge is -2.15. The highest BCUT2D eigenvalue weighted by atomic mass is 16.2. The van der Waals surface area contributed by atoms with Crippen LogP contribution >= 0.6 is 0 Å². The van der Waals surface area contributed by atoms with Gasteiger partial charge in [-0.2, -0.15) is 5.26 Å². The summed E-state index contributed by atoms with van der Waals surface area (Å²) in [5.41, 5.74) is 4.51. The summed E-state index contributed by atoms with van der Waals surface area (Å²) in [7, 11) is 0. The van der Waals surface area contributed by atoms with Crippen molar-refractivity contribution in [3.63, 3.8) is 0 Å². The lowest BCUT2D eigenvalue weighted by atomic mass is 10.1. The highest BCUT2D eigenvalue weighted by molar-refractivity contribution is 6.35. The van der Waals surface area contributed by atoms with Gasteiger partial charge >= 0.3 is 0 Å². The molecule has 136 valence electrons. The molecule has 0 unspecified atom stereocenters. The monoisotopic (exact) mass is 368 g/mol. The maximum atomic E-state index is 13.4. The first-order valence-electron chi connectivity index (χ1n) is 9.09. The number of para-hydroxylation sites is 2. The van der Waals surface area contributed by atoms with E-state index in [1.54, 1.807) is 16.5 Å². The lowest BCUT2D eigenvalue weighted by molar-refractivity contribution is 0.0924. The second-order valence-corrected chi connectivity index (χ2v) is 6.89. The van der Waals surface area contributed by atoms with Crippen LogP contribution in [0.25, 0.3) is 16.7 Å². The smallest absolute Gasteiger partial charge is 0.283 e. The molecule has 4 aromatic rings. The minimum absolute atomic E-state index is 0.192. The molecule has 0 aliphatic carbocycles. The van der Waals surface area contributed by atoms with Crippen LogP contribution in [0.15, 0.2) is 48.5 Å². The zero-order chi connectivity index (χ0) is 19.6. The fourth-order valence-corrected chi connectivity index (χ4v) is 4.19. The molecule has 0 radical (unpaired) electrons. The van der Waals surface area contributed by atoms with Crippen LogP contribution in [0, 0.1) is 18.3 Å². The van der Waals surface area contributed by atoms with Gasteiger partial charge in [-0.05, 0) is 43.7 Å². The number of hydrogen-bond donors (Lipinski definition) is 0. The molecule has 6 heteroatoms. The molecule has 0 atom stereocenters. The quantitative estimate of drug-likeness (QED) is 0.504. The third kappa shape index (κ3) is 1.85. The van der Waals surface area contributed by atoms with Crippen LogP contribution in [-0.2, 0) is 6.54 Å². The standard InChI is InChI=1S/C22H16N4O2/c1-3-24-16-9-4-5-10-17(16)26-19-18(15(12-23)20(24)26)21(27)25(22(19)28)14-8-6-7-13(2)11-14/h4-11H,3H2,1-2H3. The van der Waals surface area contributed by atoms with E-state index < -0.39 is 11.8 Å². The van der Waals surface area contributed by atoms with E-state index in [1.165, 1.54) is 4.90 Å². The van der Waals surface area contributed by atoms with Crippen LogP contribution in [0.3, 0.4) is 0 Å². The van der Waals surface area contributed by atoms with Crippen molar-refractivity contribution in [1.29, 1.82) is 5.26 Å². The lowest BCUT2D eigenvalue weighted by Crippen LogP contribution is -2.30. The molecule has 28 heavy (non-hydrogen) atoms. The summed E-state index contributed by atoms with van der Waals surface area (Å²) in [6.07, 6.45) is 0. The SMILES string of the molecule is CCn1c2ccccc2n2c3c(c(C#N)c12)C(=O)N(c1cccc(C)c1)C3=O. The maximum Gasteiger partial charge on any atom is 0.283 e. The minimum Gasteiger partial charge on any atom is -0.325 e. The summed E-state index contributed by atoms with van der Waals surface area (Å²) in [4.78, 5) is 27.8. The van der Waals surface area contributed by atoms with E-state index in [4.69, 9.17) is 0 Å². The summed E-state index contributed by atoms with van der Waals surface area (Å²) in [6.45, 7) is 4.51. The highest BCUT2D eigenvalue weighted by Crippen LogP contribution is 2.37. The number of nitriles is 1. The van der Waals surface area contributed by atoms with Crippen molar-refractivity contribution >= 4 is 34.2 Å². The maximum absolute atomic E-state index is 13.4. The van der Waals surface area contributed by atoms with E-state index in [2.05, 4.69) is 6.07 Å². The van der Waals surface area contributed by atoms with Gasteiger partial charge in [-0.15, -0.1) is 0 Å². The van der Waals surface area contributed by atoms with Gasteiger partial charge < -0.3 is 4.57 Å². The molecule has 0 fully saturated rings. The van der Waals surface area contributed by atoms with Gasteiger partial charge in [0.25, 0.3) is 11.8 Å². The number of rotatable bonds is 2. The average molecular weight is 368 g/mol. The normalized spacial score (nSPS) is 13.5. The molecule has 1 aliphatic heterocycles. The van der Waals surface area contributed by atoms with E-state index in [9.17, 15) is 14.9 Å². The molecule has 2 amide bonds. The Balaban J connectivity index is 1.89. The van der Waals surface area contributed by atoms with Gasteiger partial charge in [0.1, 0.15) is 23.0 Å². The first kappa shape index (κ1) is 16.3. The van der Waals surface area contributed by atoms with Crippen LogP contribution in [0.5, 0.6) is 0 Å². The Kier molecular flexibility index (Phi) is 3.25. The summed E-state index contributed by atoms with van der Waals surface area (Å²) >= 11 is 0. The molecule has 0 N–H and O–H groups in total. The molecule has 2 aromatic carbocycles. The van der Waals surface area contributed by atoms with E-state index in [-0.39, 0.29) is 16.8 Å². The van der Waals surface area contributed by atoms with Gasteiger partial charge in [0.2, 0.25) is 0 Å². The zero-order valence-corrected chi connectivity index (χ0v) is 15.4. The molecular weight excluding hydrogens is 352 g/mol. The molecule has 0 spiro atoms. The Morgan fingerprint density at radius 1 is 1.00 bits per heavy atom. The number of nitrogens with zero attached hydrogens (tertiary/aromatic N) is 4. The van der Waals surface area contributed by atoms with Crippen molar-refractivity contribution < 1.29 is 9.59 Å². The average Bonchev–Trinajstić information content (AvgIpc) is 3.27. The summed E-state index contributed by atoms with van der Waals surface area (Å²) < 4.78 is 3.74. The molecule has 3 heterocycles. The number of anilines is 1. The Labute approximate surface area is 160 Å². The summed E-state index contributed by atoms with van der Waals surface area (Å²) in [6, 6.07) is 17.1. The van der Waals surface area contributed by atoms with Crippen LogP contribution < -0.4 is 4.90 Å². The predicted octanol–water partition coefficient (Wildman–Crippen LogP) is 3.89. The molecule has 6 nitrogen and oxygen atoms in total. The molecule has 0 saturated carbocycles. The number of fused-ring (bicyclic) bond motifs is 5. The van der Waals surface area contributed by atoms with Crippen molar-refractivity contribution in [3.05, 3.63) is 70.9 Å². The minimum atomic E-state index is -0.447. The number of imide groups is 1. The highest BCUT2D eigenvalue weighted by Gasteiger charge is 2.44. The number of imidazole rings is 1. The fourth-order valence-electron chi connectivity index (χ4n) is 4.19. The molecular formula is C22H16N4O2. The second-order valence-electron chi connectivity index (χ2n) is 6.89. The molecule has 0 saturated heterocycles. The van der Waals surface area contributed by atoms with Crippen LogP contribution in [-0.4, -0.2) is 20.8 Å². The Morgan fingerprint density at radius 2 is 1.75 bits per heavy atom. The van der Waals surface area contributed by atoms with Crippen LogP contribution in [0.2, 0.25) is 0 Å². The predicted molar refractivity (Wildman–Crippen MR) is 106 cm³/mol. The van der Waals surface area contributed by atoms with Crippen molar-refractivity contribution in [2.75, 3.05) is 4.90 Å². The first-order chi connectivity index (χ1) is 13.6. The van der Waals surface area contributed by atoms with Gasteiger partial charge in [-0.3, -0.25) is 14.0 Å². The molecule has 5 rings (SSSR count). The van der Waals surface area contributed by atoms with Crippen molar-refractivity contribution in [1.82, 2.24) is 8.97 Å². The Bertz CT molecular complexity index is 1370. The summed E-state index contributed by atoms with van der Waals surface area (Å²) in [5.74, 6) is -0.848. The Hall–Kier alpha value is -3.85. The van der Waals surface area contributed by atoms with E-state index in [1.807, 2.05) is 54.8 Å². The number of carbonyl (C=O) groups is 2. The van der Waals surface area contributed by atoms with E-state index >= 15 is 0 Å². The van der Waals surface area contributed by atoms with Crippen LogP contribution in [0.1, 0.15) is 38.9 Å². The van der Waals surface area contributed by atoms with Crippen molar-refractivity contribution in [2.45, 2.75) is 20.4 Å². The third-order valence-corrected chi connectivity index (χ3v) is 5.33. The largest absolute Gasteiger partial charge is 0.325 e. The number of benzene rings is 2. The number of aromatic nitrogens is 2. The van der Waals surface area contributed by atoms with Crippen LogP contribution in [0.4, 0.5) is 5.69 Å². The van der Waals surface area contributed by atoms with Gasteiger partial charge in [-0.25, -0.2) is 4.90 Å². The summed E-state index contributed by atoms with van der Waals surface area (Å²) in [5, 5.41) is 9.88. The van der Waals surface area contributed by atoms with Gasteiger partial charge in [0.05, 0.1) is 22.3 Å². The topological polar surface area (TPSA) is 70.5 Å². The fraction of sp³-hybridized carbons (Fsp3) is 0.136. The van der Waals surface area contributed by atoms with E-state index in [0.717, 1.165) is 16.6 Å². The van der Waals surface area contributed by atoms with Crippen molar-refractivity contribution in [3.8, 4) is 6.07 Å². The second kappa shape index (κ2) is 5.57.